The van der Waals surface area contributed by atoms with Crippen LogP contribution >= 0.6 is 0 Å². The van der Waals surface area contributed by atoms with Crippen LogP contribution in [0.25, 0.3) is 0 Å². The fraction of sp³-hybridized carbons (Fsp3) is 0.471. The lowest BCUT2D eigenvalue weighted by Crippen LogP contribution is -2.20. The van der Waals surface area contributed by atoms with Crippen molar-refractivity contribution < 1.29 is 4.74 Å². The molecule has 0 radical (unpaired) electrons. The van der Waals surface area contributed by atoms with Crippen LogP contribution in [0.2, 0.25) is 0 Å². The van der Waals surface area contributed by atoms with Gasteiger partial charge in [0.1, 0.15) is 5.75 Å². The molecule has 114 valence electrons. The second-order valence-corrected chi connectivity index (χ2v) is 5.56. The van der Waals surface area contributed by atoms with Crippen LogP contribution in [0.15, 0.2) is 12.1 Å². The summed E-state index contributed by atoms with van der Waals surface area (Å²) in [4.78, 5) is 0. The van der Waals surface area contributed by atoms with Gasteiger partial charge in [-0.05, 0) is 45.9 Å². The van der Waals surface area contributed by atoms with Crippen LogP contribution in [-0.2, 0) is 7.05 Å². The zero-order chi connectivity index (χ0) is 15.7. The van der Waals surface area contributed by atoms with Crippen molar-refractivity contribution in [3.8, 4) is 5.75 Å². The summed E-state index contributed by atoms with van der Waals surface area (Å²) in [6, 6.07) is 4.38. The highest BCUT2D eigenvalue weighted by atomic mass is 16.5. The number of aromatic nitrogens is 2. The maximum Gasteiger partial charge on any atom is 0.127 e. The van der Waals surface area contributed by atoms with Crippen LogP contribution in [0.4, 0.5) is 0 Å². The lowest BCUT2D eigenvalue weighted by molar-refractivity contribution is 0.401. The van der Waals surface area contributed by atoms with Crippen molar-refractivity contribution >= 4 is 0 Å². The zero-order valence-electron chi connectivity index (χ0n) is 14.0. The molecule has 0 aliphatic heterocycles. The minimum absolute atomic E-state index is 0.0768. The number of methoxy groups -OCH3 is 1. The van der Waals surface area contributed by atoms with Crippen LogP contribution in [0, 0.1) is 27.7 Å². The van der Waals surface area contributed by atoms with Gasteiger partial charge in [0.25, 0.3) is 0 Å². The Kier molecular flexibility index (Phi) is 4.37. The zero-order valence-corrected chi connectivity index (χ0v) is 14.0. The summed E-state index contributed by atoms with van der Waals surface area (Å²) in [5.74, 6) is 0.956. The second-order valence-electron chi connectivity index (χ2n) is 5.56. The first kappa shape index (κ1) is 15.6. The van der Waals surface area contributed by atoms with Crippen LogP contribution in [0.1, 0.15) is 39.7 Å². The third kappa shape index (κ3) is 2.56. The second kappa shape index (κ2) is 5.90. The highest BCUT2D eigenvalue weighted by Gasteiger charge is 2.24. The molecule has 0 fully saturated rings. The third-order valence-corrected chi connectivity index (χ3v) is 4.36. The largest absolute Gasteiger partial charge is 0.496 e. The smallest absolute Gasteiger partial charge is 0.127 e. The monoisotopic (exact) mass is 287 g/mol. The highest BCUT2D eigenvalue weighted by molar-refractivity contribution is 5.50. The van der Waals surface area contributed by atoms with Crippen molar-refractivity contribution in [3.05, 3.63) is 45.8 Å². The Labute approximate surface area is 127 Å². The number of nitrogens with zero attached hydrogens (tertiary/aromatic N) is 2. The number of benzene rings is 1. The molecule has 1 aromatic carbocycles. The molecule has 1 atom stereocenters. The molecule has 1 unspecified atom stereocenters. The fourth-order valence-corrected chi connectivity index (χ4v) is 2.97. The van der Waals surface area contributed by atoms with Gasteiger partial charge in [-0.3, -0.25) is 4.68 Å². The average Bonchev–Trinajstić information content (AvgIpc) is 2.70. The van der Waals surface area contributed by atoms with Crippen LogP contribution in [0.5, 0.6) is 5.75 Å². The molecule has 1 N–H and O–H groups in total. The molecule has 21 heavy (non-hydrogen) atoms. The van der Waals surface area contributed by atoms with Crippen molar-refractivity contribution in [3.63, 3.8) is 0 Å². The molecule has 0 aliphatic carbocycles. The number of hydrogen-bond acceptors (Lipinski definition) is 3. The molecule has 2 rings (SSSR count). The van der Waals surface area contributed by atoms with E-state index in [4.69, 9.17) is 4.74 Å². The fourth-order valence-electron chi connectivity index (χ4n) is 2.97. The summed E-state index contributed by atoms with van der Waals surface area (Å²) in [5.41, 5.74) is 7.03. The molecule has 0 aliphatic rings. The van der Waals surface area contributed by atoms with Crippen molar-refractivity contribution in [1.29, 1.82) is 0 Å². The molecule has 4 heteroatoms. The topological polar surface area (TPSA) is 39.1 Å². The first-order valence-electron chi connectivity index (χ1n) is 7.23. The van der Waals surface area contributed by atoms with Crippen LogP contribution in [-0.4, -0.2) is 23.9 Å². The van der Waals surface area contributed by atoms with E-state index in [1.807, 2.05) is 18.8 Å². The Hall–Kier alpha value is -1.81. The van der Waals surface area contributed by atoms with E-state index in [2.05, 4.69) is 50.2 Å². The van der Waals surface area contributed by atoms with Crippen molar-refractivity contribution in [2.45, 2.75) is 33.7 Å². The van der Waals surface area contributed by atoms with Gasteiger partial charge in [0.15, 0.2) is 0 Å². The first-order valence-corrected chi connectivity index (χ1v) is 7.23. The SMILES string of the molecule is CNC(c1ccc(C)c(C)c1OC)c1c(C)nn(C)c1C. The molecular formula is C17H25N3O. The Bertz CT molecular complexity index is 659. The molecular weight excluding hydrogens is 262 g/mol. The maximum atomic E-state index is 5.68. The van der Waals surface area contributed by atoms with E-state index in [0.29, 0.717) is 0 Å². The molecule has 0 spiro atoms. The normalized spacial score (nSPS) is 12.5. The van der Waals surface area contributed by atoms with E-state index in [1.165, 1.54) is 22.4 Å². The summed E-state index contributed by atoms with van der Waals surface area (Å²) >= 11 is 0. The summed E-state index contributed by atoms with van der Waals surface area (Å²) in [5, 5.41) is 7.95. The van der Waals surface area contributed by atoms with E-state index < -0.39 is 0 Å². The number of ether oxygens (including phenoxy) is 1. The Morgan fingerprint density at radius 3 is 2.33 bits per heavy atom. The van der Waals surface area contributed by atoms with E-state index in [-0.39, 0.29) is 6.04 Å². The van der Waals surface area contributed by atoms with Gasteiger partial charge in [0, 0.05) is 23.9 Å². The van der Waals surface area contributed by atoms with Gasteiger partial charge in [-0.15, -0.1) is 0 Å². The summed E-state index contributed by atoms with van der Waals surface area (Å²) in [6.07, 6.45) is 0. The Morgan fingerprint density at radius 1 is 1.19 bits per heavy atom. The van der Waals surface area contributed by atoms with Gasteiger partial charge in [0.05, 0.1) is 18.8 Å². The van der Waals surface area contributed by atoms with Crippen molar-refractivity contribution in [1.82, 2.24) is 15.1 Å². The summed E-state index contributed by atoms with van der Waals surface area (Å²) in [7, 11) is 5.70. The number of hydrogen-bond donors (Lipinski definition) is 1. The van der Waals surface area contributed by atoms with Gasteiger partial charge >= 0.3 is 0 Å². The summed E-state index contributed by atoms with van der Waals surface area (Å²) in [6.45, 7) is 8.37. The van der Waals surface area contributed by atoms with Gasteiger partial charge in [-0.2, -0.15) is 5.10 Å². The molecule has 1 aromatic heterocycles. The predicted octanol–water partition coefficient (Wildman–Crippen LogP) is 2.97. The van der Waals surface area contributed by atoms with E-state index in [0.717, 1.165) is 17.0 Å². The number of aryl methyl sites for hydroxylation is 3. The van der Waals surface area contributed by atoms with Gasteiger partial charge < -0.3 is 10.1 Å². The molecule has 0 saturated heterocycles. The molecule has 4 nitrogen and oxygen atoms in total. The van der Waals surface area contributed by atoms with Gasteiger partial charge in [-0.1, -0.05) is 12.1 Å². The lowest BCUT2D eigenvalue weighted by atomic mass is 9.93. The standard InChI is InChI=1S/C17H25N3O/c1-10-8-9-14(17(21-7)11(10)2)16(18-5)15-12(3)19-20(6)13(15)4/h8-9,16,18H,1-7H3. The number of nitrogens with one attached hydrogen (secondary N) is 1. The summed E-state index contributed by atoms with van der Waals surface area (Å²) < 4.78 is 7.61. The van der Waals surface area contributed by atoms with Gasteiger partial charge in [-0.25, -0.2) is 0 Å². The molecule has 0 saturated carbocycles. The molecule has 1 heterocycles. The Morgan fingerprint density at radius 2 is 1.86 bits per heavy atom. The van der Waals surface area contributed by atoms with Crippen molar-refractivity contribution in [2.75, 3.05) is 14.2 Å². The molecule has 0 bridgehead atoms. The third-order valence-electron chi connectivity index (χ3n) is 4.36. The maximum absolute atomic E-state index is 5.68. The predicted molar refractivity (Wildman–Crippen MR) is 86.1 cm³/mol. The van der Waals surface area contributed by atoms with Crippen LogP contribution in [0.3, 0.4) is 0 Å². The molecule has 0 amide bonds. The van der Waals surface area contributed by atoms with E-state index in [1.54, 1.807) is 7.11 Å². The number of rotatable bonds is 4. The lowest BCUT2D eigenvalue weighted by Gasteiger charge is -2.22. The average molecular weight is 287 g/mol. The Balaban J connectivity index is 2.65. The minimum atomic E-state index is 0.0768. The minimum Gasteiger partial charge on any atom is -0.496 e. The van der Waals surface area contributed by atoms with E-state index in [9.17, 15) is 0 Å². The van der Waals surface area contributed by atoms with Crippen molar-refractivity contribution in [2.24, 2.45) is 7.05 Å². The first-order chi connectivity index (χ1) is 9.92. The van der Waals surface area contributed by atoms with E-state index >= 15 is 0 Å². The highest BCUT2D eigenvalue weighted by Crippen LogP contribution is 2.36. The van der Waals surface area contributed by atoms with Crippen LogP contribution < -0.4 is 10.1 Å². The quantitative estimate of drug-likeness (QED) is 0.939. The van der Waals surface area contributed by atoms with Gasteiger partial charge in [0.2, 0.25) is 0 Å². The molecule has 2 aromatic rings.